The summed E-state index contributed by atoms with van der Waals surface area (Å²) < 4.78 is 54.2. The first-order valence-electron chi connectivity index (χ1n) is 12.0. The number of nitrogens with zero attached hydrogens (tertiary/aromatic N) is 2. The molecular weight excluding hydrogens is 464 g/mol. The summed E-state index contributed by atoms with van der Waals surface area (Å²) in [5.41, 5.74) is 4.06. The predicted octanol–water partition coefficient (Wildman–Crippen LogP) is 7.14. The summed E-state index contributed by atoms with van der Waals surface area (Å²) in [6.07, 6.45) is 0. The molecular formula is C30H24F4N2. The van der Waals surface area contributed by atoms with E-state index in [-0.39, 0.29) is 47.4 Å². The minimum Gasteiger partial charge on any atom is -0.284 e. The molecule has 2 fully saturated rings. The highest BCUT2D eigenvalue weighted by atomic mass is 19.1. The molecule has 6 rings (SSSR count). The average Bonchev–Trinajstić information content (AvgIpc) is 3.78. The van der Waals surface area contributed by atoms with Crippen molar-refractivity contribution in [3.8, 4) is 0 Å². The van der Waals surface area contributed by atoms with Crippen molar-refractivity contribution in [2.75, 3.05) is 13.1 Å². The molecule has 2 aliphatic heterocycles. The second-order valence-electron chi connectivity index (χ2n) is 9.46. The monoisotopic (exact) mass is 488 g/mol. The molecule has 6 heteroatoms. The summed E-state index contributed by atoms with van der Waals surface area (Å²) in [6, 6.07) is 26.4. The van der Waals surface area contributed by atoms with Crippen LogP contribution in [0.15, 0.2) is 97.1 Å². The fraction of sp³-hybridized carbons (Fsp3) is 0.200. The Labute approximate surface area is 207 Å². The molecule has 4 atom stereocenters. The largest absolute Gasteiger partial charge is 0.284 e. The molecule has 2 saturated heterocycles. The van der Waals surface area contributed by atoms with Crippen molar-refractivity contribution in [3.63, 3.8) is 0 Å². The molecule has 0 bridgehead atoms. The van der Waals surface area contributed by atoms with Crippen LogP contribution in [0, 0.1) is 23.3 Å². The highest BCUT2D eigenvalue weighted by molar-refractivity contribution is 5.37. The van der Waals surface area contributed by atoms with Crippen LogP contribution >= 0.6 is 0 Å². The lowest BCUT2D eigenvalue weighted by Gasteiger charge is -2.08. The van der Waals surface area contributed by atoms with E-state index in [9.17, 15) is 17.6 Å². The van der Waals surface area contributed by atoms with E-state index < -0.39 is 0 Å². The topological polar surface area (TPSA) is 6.02 Å². The first-order chi connectivity index (χ1) is 17.5. The smallest absolute Gasteiger partial charge is 0.123 e. The third kappa shape index (κ3) is 4.43. The molecule has 2 nitrogen and oxygen atoms in total. The van der Waals surface area contributed by atoms with Crippen molar-refractivity contribution in [1.82, 2.24) is 9.80 Å². The minimum absolute atomic E-state index is 0.0737. The highest BCUT2D eigenvalue weighted by Crippen LogP contribution is 2.57. The zero-order chi connectivity index (χ0) is 24.8. The fourth-order valence-corrected chi connectivity index (χ4v) is 5.47. The Balaban J connectivity index is 1.24. The van der Waals surface area contributed by atoms with Crippen molar-refractivity contribution in [1.29, 1.82) is 0 Å². The van der Waals surface area contributed by atoms with E-state index in [1.165, 1.54) is 48.5 Å². The Morgan fingerprint density at radius 3 is 0.750 bits per heavy atom. The van der Waals surface area contributed by atoms with Crippen LogP contribution in [0.1, 0.15) is 46.4 Å². The molecule has 0 saturated carbocycles. The molecule has 0 radical (unpaired) electrons. The van der Waals surface area contributed by atoms with Gasteiger partial charge in [0.05, 0.1) is 24.2 Å². The number of halogens is 4. The SMILES string of the molecule is Fc1ccc([C@H]2[C@H](c3ccc(F)cc3)N2CCN2[C@@H](c3ccc(F)cc3)[C@@H]2c2ccc(F)cc2)cc1. The van der Waals surface area contributed by atoms with E-state index in [1.807, 2.05) is 0 Å². The van der Waals surface area contributed by atoms with E-state index in [0.29, 0.717) is 0 Å². The van der Waals surface area contributed by atoms with Crippen LogP contribution in [-0.2, 0) is 0 Å². The van der Waals surface area contributed by atoms with E-state index in [0.717, 1.165) is 35.3 Å². The Morgan fingerprint density at radius 2 is 0.556 bits per heavy atom. The summed E-state index contributed by atoms with van der Waals surface area (Å²) >= 11 is 0. The van der Waals surface area contributed by atoms with Crippen molar-refractivity contribution in [2.45, 2.75) is 24.2 Å². The predicted molar refractivity (Wildman–Crippen MR) is 130 cm³/mol. The summed E-state index contributed by atoms with van der Waals surface area (Å²) in [4.78, 5) is 4.64. The van der Waals surface area contributed by atoms with E-state index in [4.69, 9.17) is 0 Å². The van der Waals surface area contributed by atoms with Gasteiger partial charge in [0, 0.05) is 13.1 Å². The summed E-state index contributed by atoms with van der Waals surface area (Å²) in [6.45, 7) is 1.47. The van der Waals surface area contributed by atoms with Gasteiger partial charge in [-0.3, -0.25) is 9.80 Å². The average molecular weight is 489 g/mol. The van der Waals surface area contributed by atoms with Gasteiger partial charge in [-0.1, -0.05) is 48.5 Å². The second-order valence-corrected chi connectivity index (χ2v) is 9.46. The van der Waals surface area contributed by atoms with Crippen LogP contribution in [0.5, 0.6) is 0 Å². The lowest BCUT2D eigenvalue weighted by Crippen LogP contribution is -2.14. The molecule has 0 aliphatic carbocycles. The Hall–Kier alpha value is -3.48. The minimum atomic E-state index is -0.280. The first-order valence-corrected chi connectivity index (χ1v) is 12.0. The highest BCUT2D eigenvalue weighted by Gasteiger charge is 2.53. The van der Waals surface area contributed by atoms with Crippen molar-refractivity contribution < 1.29 is 17.6 Å². The van der Waals surface area contributed by atoms with Gasteiger partial charge in [0.25, 0.3) is 0 Å². The second kappa shape index (κ2) is 9.19. The molecule has 0 spiro atoms. The molecule has 36 heavy (non-hydrogen) atoms. The molecule has 0 unspecified atom stereocenters. The molecule has 2 heterocycles. The number of benzene rings is 4. The van der Waals surface area contributed by atoms with Gasteiger partial charge in [-0.15, -0.1) is 0 Å². The summed E-state index contributed by atoms with van der Waals surface area (Å²) in [5.74, 6) is -1.12. The number of hydrogen-bond acceptors (Lipinski definition) is 2. The Kier molecular flexibility index (Phi) is 5.86. The van der Waals surface area contributed by atoms with Gasteiger partial charge in [0.1, 0.15) is 23.3 Å². The summed E-state index contributed by atoms with van der Waals surface area (Å²) in [5, 5.41) is 0. The van der Waals surface area contributed by atoms with Crippen molar-refractivity contribution in [3.05, 3.63) is 143 Å². The number of hydrogen-bond donors (Lipinski definition) is 0. The Bertz CT molecular complexity index is 1130. The molecule has 182 valence electrons. The maximum atomic E-state index is 13.5. The normalized spacial score (nSPS) is 26.6. The van der Waals surface area contributed by atoms with E-state index >= 15 is 0 Å². The van der Waals surface area contributed by atoms with Crippen molar-refractivity contribution >= 4 is 0 Å². The zero-order valence-electron chi connectivity index (χ0n) is 19.4. The fourth-order valence-electron chi connectivity index (χ4n) is 5.47. The van der Waals surface area contributed by atoms with Gasteiger partial charge < -0.3 is 0 Å². The first kappa shape index (κ1) is 23.0. The quantitative estimate of drug-likeness (QED) is 0.201. The molecule has 4 aromatic carbocycles. The van der Waals surface area contributed by atoms with Crippen LogP contribution in [0.2, 0.25) is 0 Å². The number of rotatable bonds is 7. The van der Waals surface area contributed by atoms with Gasteiger partial charge in [-0.25, -0.2) is 17.6 Å². The molecule has 0 aromatic heterocycles. The van der Waals surface area contributed by atoms with E-state index in [1.54, 1.807) is 48.5 Å². The van der Waals surface area contributed by atoms with Gasteiger partial charge in [0.15, 0.2) is 0 Å². The van der Waals surface area contributed by atoms with Crippen LogP contribution in [0.25, 0.3) is 0 Å². The molecule has 4 aromatic rings. The van der Waals surface area contributed by atoms with Crippen LogP contribution in [-0.4, -0.2) is 22.9 Å². The third-order valence-electron chi connectivity index (χ3n) is 7.31. The lowest BCUT2D eigenvalue weighted by molar-refractivity contribution is 0.393. The summed E-state index contributed by atoms with van der Waals surface area (Å²) in [7, 11) is 0. The molecule has 0 amide bonds. The maximum Gasteiger partial charge on any atom is 0.123 e. The third-order valence-corrected chi connectivity index (χ3v) is 7.31. The molecule has 0 N–H and O–H groups in total. The zero-order valence-corrected chi connectivity index (χ0v) is 19.4. The van der Waals surface area contributed by atoms with Crippen LogP contribution < -0.4 is 0 Å². The molecule has 2 aliphatic rings. The van der Waals surface area contributed by atoms with Gasteiger partial charge in [-0.05, 0) is 70.8 Å². The van der Waals surface area contributed by atoms with Gasteiger partial charge >= 0.3 is 0 Å². The standard InChI is InChI=1S/C30H24F4N2/c31-23-9-1-19(2-10-23)27-28(20-3-11-24(32)12-4-20)35(27)17-18-36-29(21-5-13-25(33)14-6-21)30(36)22-7-15-26(34)16-8-22/h1-16,27-30H,17-18H2/t27-,28-,29-,30-/m0/s1. The Morgan fingerprint density at radius 1 is 0.361 bits per heavy atom. The van der Waals surface area contributed by atoms with Gasteiger partial charge in [0.2, 0.25) is 0 Å². The van der Waals surface area contributed by atoms with Crippen LogP contribution in [0.3, 0.4) is 0 Å². The van der Waals surface area contributed by atoms with Gasteiger partial charge in [-0.2, -0.15) is 0 Å². The van der Waals surface area contributed by atoms with E-state index in [2.05, 4.69) is 9.80 Å². The van der Waals surface area contributed by atoms with Crippen LogP contribution in [0.4, 0.5) is 17.6 Å². The lowest BCUT2D eigenvalue weighted by atomic mass is 10.0. The maximum absolute atomic E-state index is 13.5. The van der Waals surface area contributed by atoms with Crippen molar-refractivity contribution in [2.24, 2.45) is 0 Å².